The first-order chi connectivity index (χ1) is 15.6. The van der Waals surface area contributed by atoms with Gasteiger partial charge in [0.2, 0.25) is 0 Å². The summed E-state index contributed by atoms with van der Waals surface area (Å²) in [6.07, 6.45) is 0. The van der Waals surface area contributed by atoms with Gasteiger partial charge in [-0.1, -0.05) is 72.8 Å². The number of hydrogen-bond acceptors (Lipinski definition) is 4. The number of carbonyl (C=O) groups excluding carboxylic acids is 2. The van der Waals surface area contributed by atoms with Crippen LogP contribution < -0.4 is 4.74 Å². The van der Waals surface area contributed by atoms with Crippen LogP contribution in [0, 0.1) is 0 Å². The predicted octanol–water partition coefficient (Wildman–Crippen LogP) is 4.20. The number of Topliss-reactive ketones (excluding diaryl/α,β-unsaturated/α-hetero) is 1. The minimum Gasteiger partial charge on any atom is -0.483 e. The molecule has 0 radical (unpaired) electrons. The van der Waals surface area contributed by atoms with Gasteiger partial charge in [-0.25, -0.2) is 0 Å². The number of rotatable bonds is 7. The van der Waals surface area contributed by atoms with E-state index in [2.05, 4.69) is 53.4 Å². The highest BCUT2D eigenvalue weighted by Gasteiger charge is 2.28. The first-order valence-electron chi connectivity index (χ1n) is 11.0. The van der Waals surface area contributed by atoms with Crippen LogP contribution in [0.15, 0.2) is 84.9 Å². The average molecular weight is 429 g/mol. The number of piperazine rings is 1. The van der Waals surface area contributed by atoms with E-state index >= 15 is 0 Å². The van der Waals surface area contributed by atoms with Crippen LogP contribution in [0.2, 0.25) is 0 Å². The van der Waals surface area contributed by atoms with Crippen molar-refractivity contribution < 1.29 is 14.3 Å². The number of ketones is 1. The molecule has 1 saturated heterocycles. The van der Waals surface area contributed by atoms with Crippen LogP contribution in [0.25, 0.3) is 0 Å². The van der Waals surface area contributed by atoms with Crippen molar-refractivity contribution in [3.63, 3.8) is 0 Å². The van der Waals surface area contributed by atoms with E-state index < -0.39 is 0 Å². The number of ether oxygens (including phenoxy) is 1. The fourth-order valence-corrected chi connectivity index (χ4v) is 4.23. The summed E-state index contributed by atoms with van der Waals surface area (Å²) in [7, 11) is 0. The summed E-state index contributed by atoms with van der Waals surface area (Å²) >= 11 is 0. The highest BCUT2D eigenvalue weighted by atomic mass is 16.5. The molecule has 1 aliphatic heterocycles. The van der Waals surface area contributed by atoms with E-state index in [4.69, 9.17) is 4.74 Å². The lowest BCUT2D eigenvalue weighted by molar-refractivity contribution is -0.135. The van der Waals surface area contributed by atoms with Crippen LogP contribution in [0.3, 0.4) is 0 Å². The monoisotopic (exact) mass is 428 g/mol. The lowest BCUT2D eigenvalue weighted by Gasteiger charge is -2.39. The molecule has 32 heavy (non-hydrogen) atoms. The Labute approximate surface area is 189 Å². The van der Waals surface area contributed by atoms with Gasteiger partial charge in [0.25, 0.3) is 5.91 Å². The first-order valence-corrected chi connectivity index (χ1v) is 11.0. The smallest absolute Gasteiger partial charge is 0.260 e. The highest BCUT2D eigenvalue weighted by molar-refractivity contribution is 5.96. The molecule has 5 heteroatoms. The van der Waals surface area contributed by atoms with Crippen LogP contribution in [-0.4, -0.2) is 54.3 Å². The van der Waals surface area contributed by atoms with Crippen molar-refractivity contribution in [3.8, 4) is 5.75 Å². The Morgan fingerprint density at radius 1 is 0.781 bits per heavy atom. The summed E-state index contributed by atoms with van der Waals surface area (Å²) in [6.45, 7) is 4.29. The minimum absolute atomic E-state index is 0.0565. The van der Waals surface area contributed by atoms with E-state index in [1.807, 2.05) is 17.0 Å². The quantitative estimate of drug-likeness (QED) is 0.529. The second kappa shape index (κ2) is 10.2. The van der Waals surface area contributed by atoms with Crippen molar-refractivity contribution in [1.29, 1.82) is 0 Å². The van der Waals surface area contributed by atoms with E-state index in [9.17, 15) is 9.59 Å². The molecule has 0 aliphatic carbocycles. The summed E-state index contributed by atoms with van der Waals surface area (Å²) in [5, 5.41) is 0. The molecule has 1 amide bonds. The van der Waals surface area contributed by atoms with E-state index in [-0.39, 0.29) is 24.3 Å². The molecule has 5 nitrogen and oxygen atoms in total. The zero-order valence-electron chi connectivity index (χ0n) is 18.3. The molecule has 1 fully saturated rings. The number of benzene rings is 3. The largest absolute Gasteiger partial charge is 0.483 e. The third kappa shape index (κ3) is 5.06. The number of nitrogens with zero attached hydrogens (tertiary/aromatic N) is 2. The Bertz CT molecular complexity index is 1010. The first kappa shape index (κ1) is 21.8. The van der Waals surface area contributed by atoms with Gasteiger partial charge >= 0.3 is 0 Å². The molecule has 1 aliphatic rings. The Morgan fingerprint density at radius 3 is 1.88 bits per heavy atom. The second-order valence-corrected chi connectivity index (χ2v) is 7.98. The molecule has 3 aromatic rings. The van der Waals surface area contributed by atoms with Gasteiger partial charge in [0.1, 0.15) is 5.75 Å². The van der Waals surface area contributed by atoms with Crippen molar-refractivity contribution in [2.75, 3.05) is 32.8 Å². The zero-order chi connectivity index (χ0) is 22.3. The van der Waals surface area contributed by atoms with Gasteiger partial charge < -0.3 is 9.64 Å². The number of para-hydroxylation sites is 1. The van der Waals surface area contributed by atoms with Crippen LogP contribution in [0.4, 0.5) is 0 Å². The molecule has 0 N–H and O–H groups in total. The van der Waals surface area contributed by atoms with Gasteiger partial charge in [0.05, 0.1) is 11.6 Å². The SMILES string of the molecule is CC(=O)c1ccccc1OCC(=O)N1CCN(C(c2ccccc2)c2ccccc2)CC1. The molecule has 0 aromatic heterocycles. The molecule has 0 unspecified atom stereocenters. The van der Waals surface area contributed by atoms with E-state index in [0.717, 1.165) is 13.1 Å². The second-order valence-electron chi connectivity index (χ2n) is 7.98. The third-order valence-corrected chi connectivity index (χ3v) is 5.88. The van der Waals surface area contributed by atoms with Gasteiger partial charge in [-0.2, -0.15) is 0 Å². The average Bonchev–Trinajstić information content (AvgIpc) is 2.84. The maximum atomic E-state index is 12.8. The van der Waals surface area contributed by atoms with Gasteiger partial charge in [0.15, 0.2) is 12.4 Å². The van der Waals surface area contributed by atoms with E-state index in [0.29, 0.717) is 24.4 Å². The summed E-state index contributed by atoms with van der Waals surface area (Å²) in [4.78, 5) is 28.8. The molecule has 164 valence electrons. The molecule has 3 aromatic carbocycles. The predicted molar refractivity (Wildman–Crippen MR) is 125 cm³/mol. The van der Waals surface area contributed by atoms with E-state index in [1.54, 1.807) is 24.3 Å². The molecule has 0 bridgehead atoms. The van der Waals surface area contributed by atoms with Crippen LogP contribution in [-0.2, 0) is 4.79 Å². The van der Waals surface area contributed by atoms with Crippen molar-refractivity contribution in [2.24, 2.45) is 0 Å². The number of amides is 1. The van der Waals surface area contributed by atoms with Crippen LogP contribution in [0.1, 0.15) is 34.5 Å². The standard InChI is InChI=1S/C27H28N2O3/c1-21(30)24-14-8-9-15-25(24)32-20-26(31)28-16-18-29(19-17-28)27(22-10-4-2-5-11-22)23-12-6-3-7-13-23/h2-15,27H,16-20H2,1H3. The van der Waals surface area contributed by atoms with Crippen molar-refractivity contribution in [1.82, 2.24) is 9.80 Å². The highest BCUT2D eigenvalue weighted by Crippen LogP contribution is 2.29. The van der Waals surface area contributed by atoms with Gasteiger partial charge in [-0.3, -0.25) is 14.5 Å². The lowest BCUT2D eigenvalue weighted by Crippen LogP contribution is -2.51. The van der Waals surface area contributed by atoms with Crippen molar-refractivity contribution >= 4 is 11.7 Å². The van der Waals surface area contributed by atoms with Gasteiger partial charge in [-0.15, -0.1) is 0 Å². The van der Waals surface area contributed by atoms with Crippen molar-refractivity contribution in [2.45, 2.75) is 13.0 Å². The molecule has 0 atom stereocenters. The lowest BCUT2D eigenvalue weighted by atomic mass is 9.96. The summed E-state index contributed by atoms with van der Waals surface area (Å²) < 4.78 is 5.70. The normalized spacial score (nSPS) is 14.4. The van der Waals surface area contributed by atoms with E-state index in [1.165, 1.54) is 18.1 Å². The Balaban J connectivity index is 1.39. The fraction of sp³-hybridized carbons (Fsp3) is 0.259. The zero-order valence-corrected chi connectivity index (χ0v) is 18.3. The Hall–Kier alpha value is -3.44. The van der Waals surface area contributed by atoms with Gasteiger partial charge in [0, 0.05) is 26.2 Å². The molecular formula is C27H28N2O3. The fourth-order valence-electron chi connectivity index (χ4n) is 4.23. The topological polar surface area (TPSA) is 49.9 Å². The Morgan fingerprint density at radius 2 is 1.31 bits per heavy atom. The summed E-state index contributed by atoms with van der Waals surface area (Å²) in [6, 6.07) is 28.2. The maximum Gasteiger partial charge on any atom is 0.260 e. The summed E-state index contributed by atoms with van der Waals surface area (Å²) in [5.74, 6) is 0.328. The van der Waals surface area contributed by atoms with Gasteiger partial charge in [-0.05, 0) is 30.2 Å². The van der Waals surface area contributed by atoms with Crippen LogP contribution >= 0.6 is 0 Å². The maximum absolute atomic E-state index is 12.8. The molecule has 0 saturated carbocycles. The van der Waals surface area contributed by atoms with Crippen molar-refractivity contribution in [3.05, 3.63) is 102 Å². The molecule has 4 rings (SSSR count). The number of hydrogen-bond donors (Lipinski definition) is 0. The third-order valence-electron chi connectivity index (χ3n) is 5.88. The minimum atomic E-state index is -0.0745. The Kier molecular flexibility index (Phi) is 6.97. The molecule has 1 heterocycles. The molecule has 0 spiro atoms. The number of carbonyl (C=O) groups is 2. The van der Waals surface area contributed by atoms with Crippen LogP contribution in [0.5, 0.6) is 5.75 Å². The summed E-state index contributed by atoms with van der Waals surface area (Å²) in [5.41, 5.74) is 3.00. The molecular weight excluding hydrogens is 400 g/mol.